The summed E-state index contributed by atoms with van der Waals surface area (Å²) < 4.78 is 0. The van der Waals surface area contributed by atoms with E-state index in [1.54, 1.807) is 0 Å². The van der Waals surface area contributed by atoms with E-state index in [2.05, 4.69) is 94.9 Å². The fourth-order valence-corrected chi connectivity index (χ4v) is 5.24. The third kappa shape index (κ3) is 2.89. The van der Waals surface area contributed by atoms with Crippen LogP contribution >= 0.6 is 0 Å². The molecule has 0 amide bonds. The lowest BCUT2D eigenvalue weighted by molar-refractivity contribution is 1.33. The lowest BCUT2D eigenvalue weighted by Gasteiger charge is -2.19. The smallest absolute Gasteiger partial charge is 0.0346 e. The van der Waals surface area contributed by atoms with Gasteiger partial charge in [0.25, 0.3) is 0 Å². The van der Waals surface area contributed by atoms with Crippen LogP contribution in [0.3, 0.4) is 0 Å². The number of hydrogen-bond acceptors (Lipinski definition) is 2. The molecule has 7 rings (SSSR count). The van der Waals surface area contributed by atoms with Gasteiger partial charge < -0.3 is 0 Å². The van der Waals surface area contributed by atoms with E-state index in [1.807, 2.05) is 36.9 Å². The van der Waals surface area contributed by atoms with Crippen molar-refractivity contribution in [3.8, 4) is 22.3 Å². The molecule has 0 saturated carbocycles. The van der Waals surface area contributed by atoms with Gasteiger partial charge in [-0.25, -0.2) is 0 Å². The van der Waals surface area contributed by atoms with E-state index in [0.717, 1.165) is 11.1 Å². The van der Waals surface area contributed by atoms with Crippen molar-refractivity contribution in [2.24, 2.45) is 0 Å². The van der Waals surface area contributed by atoms with Crippen molar-refractivity contribution in [1.82, 2.24) is 9.97 Å². The quantitative estimate of drug-likeness (QED) is 0.256. The standard InChI is InChI=1S/C32H20N2/c1-2-8-22-16-28-27(15-21(22)7-1)31(25-11-5-13-33-19-25)29-17-23-9-3-4-10-24(23)18-30(29)32(28)26-12-6-14-34-20-26/h1-20H. The zero-order valence-electron chi connectivity index (χ0n) is 18.4. The highest BCUT2D eigenvalue weighted by atomic mass is 14.6. The topological polar surface area (TPSA) is 25.8 Å². The van der Waals surface area contributed by atoms with E-state index in [-0.39, 0.29) is 0 Å². The number of rotatable bonds is 2. The Morgan fingerprint density at radius 1 is 0.382 bits per heavy atom. The normalized spacial score (nSPS) is 11.5. The van der Waals surface area contributed by atoms with Gasteiger partial charge in [-0.3, -0.25) is 9.97 Å². The molecule has 2 heteroatoms. The molecule has 0 N–H and O–H groups in total. The van der Waals surface area contributed by atoms with Crippen molar-refractivity contribution in [2.75, 3.05) is 0 Å². The van der Waals surface area contributed by atoms with Crippen LogP contribution in [0.25, 0.3) is 65.3 Å². The number of aromatic nitrogens is 2. The number of nitrogens with zero attached hydrogens (tertiary/aromatic N) is 2. The van der Waals surface area contributed by atoms with Gasteiger partial charge in [-0.1, -0.05) is 60.7 Å². The van der Waals surface area contributed by atoms with E-state index in [1.165, 1.54) is 54.2 Å². The molecule has 0 saturated heterocycles. The Bertz CT molecular complexity index is 1610. The fourth-order valence-electron chi connectivity index (χ4n) is 5.24. The number of pyridine rings is 2. The van der Waals surface area contributed by atoms with E-state index < -0.39 is 0 Å². The molecule has 34 heavy (non-hydrogen) atoms. The van der Waals surface area contributed by atoms with Crippen LogP contribution in [-0.4, -0.2) is 9.97 Å². The molecular formula is C32H20N2. The van der Waals surface area contributed by atoms with Gasteiger partial charge in [-0.05, 0) is 90.6 Å². The van der Waals surface area contributed by atoms with Gasteiger partial charge in [0.1, 0.15) is 0 Å². The van der Waals surface area contributed by atoms with Crippen molar-refractivity contribution in [1.29, 1.82) is 0 Å². The van der Waals surface area contributed by atoms with Gasteiger partial charge in [0, 0.05) is 35.9 Å². The summed E-state index contributed by atoms with van der Waals surface area (Å²) in [5.74, 6) is 0. The zero-order chi connectivity index (χ0) is 22.5. The summed E-state index contributed by atoms with van der Waals surface area (Å²) in [7, 11) is 0. The second-order valence-corrected chi connectivity index (χ2v) is 8.72. The lowest BCUT2D eigenvalue weighted by Crippen LogP contribution is -1.92. The molecule has 0 atom stereocenters. The minimum absolute atomic E-state index is 1.13. The molecule has 0 unspecified atom stereocenters. The number of benzene rings is 5. The summed E-state index contributed by atoms with van der Waals surface area (Å²) >= 11 is 0. The maximum absolute atomic E-state index is 4.47. The van der Waals surface area contributed by atoms with E-state index in [9.17, 15) is 0 Å². The second kappa shape index (κ2) is 7.50. The number of fused-ring (bicyclic) bond motifs is 4. The molecule has 0 fully saturated rings. The molecule has 2 aromatic heterocycles. The molecule has 0 aliphatic carbocycles. The van der Waals surface area contributed by atoms with E-state index in [4.69, 9.17) is 0 Å². The van der Waals surface area contributed by atoms with Crippen LogP contribution in [0.2, 0.25) is 0 Å². The third-order valence-electron chi connectivity index (χ3n) is 6.75. The average molecular weight is 433 g/mol. The summed E-state index contributed by atoms with van der Waals surface area (Å²) in [6.07, 6.45) is 7.62. The molecule has 5 aromatic carbocycles. The Hall–Kier alpha value is -4.56. The van der Waals surface area contributed by atoms with Gasteiger partial charge in [0.2, 0.25) is 0 Å². The van der Waals surface area contributed by atoms with Crippen LogP contribution in [0.4, 0.5) is 0 Å². The molecule has 7 aromatic rings. The average Bonchev–Trinajstić information content (AvgIpc) is 2.90. The van der Waals surface area contributed by atoms with Crippen LogP contribution in [0, 0.1) is 0 Å². The van der Waals surface area contributed by atoms with Gasteiger partial charge in [0.05, 0.1) is 0 Å². The Morgan fingerprint density at radius 2 is 0.735 bits per heavy atom. The molecule has 2 heterocycles. The van der Waals surface area contributed by atoms with Crippen molar-refractivity contribution in [2.45, 2.75) is 0 Å². The first-order valence-corrected chi connectivity index (χ1v) is 11.5. The first-order valence-electron chi connectivity index (χ1n) is 11.5. The fraction of sp³-hybridized carbons (Fsp3) is 0. The lowest BCUT2D eigenvalue weighted by atomic mass is 9.84. The highest BCUT2D eigenvalue weighted by Crippen LogP contribution is 2.45. The van der Waals surface area contributed by atoms with Crippen molar-refractivity contribution in [3.05, 3.63) is 122 Å². The molecule has 0 bridgehead atoms. The van der Waals surface area contributed by atoms with E-state index >= 15 is 0 Å². The van der Waals surface area contributed by atoms with Crippen molar-refractivity contribution in [3.63, 3.8) is 0 Å². The van der Waals surface area contributed by atoms with Gasteiger partial charge in [0.15, 0.2) is 0 Å². The summed E-state index contributed by atoms with van der Waals surface area (Å²) in [6, 6.07) is 34.9. The van der Waals surface area contributed by atoms with Crippen LogP contribution in [0.15, 0.2) is 122 Å². The van der Waals surface area contributed by atoms with Crippen LogP contribution in [0.1, 0.15) is 0 Å². The molecule has 0 aliphatic heterocycles. The Morgan fingerprint density at radius 3 is 1.03 bits per heavy atom. The third-order valence-corrected chi connectivity index (χ3v) is 6.75. The molecule has 0 spiro atoms. The maximum Gasteiger partial charge on any atom is 0.0346 e. The molecule has 2 nitrogen and oxygen atoms in total. The summed E-state index contributed by atoms with van der Waals surface area (Å²) in [5, 5.41) is 9.85. The predicted octanol–water partition coefficient (Wildman–Crippen LogP) is 8.42. The Kier molecular flexibility index (Phi) is 4.18. The Labute approximate surface area is 197 Å². The molecule has 0 radical (unpaired) electrons. The van der Waals surface area contributed by atoms with Crippen molar-refractivity contribution >= 4 is 43.1 Å². The minimum Gasteiger partial charge on any atom is -0.264 e. The van der Waals surface area contributed by atoms with Gasteiger partial charge >= 0.3 is 0 Å². The highest BCUT2D eigenvalue weighted by Gasteiger charge is 2.18. The van der Waals surface area contributed by atoms with Crippen LogP contribution in [0.5, 0.6) is 0 Å². The predicted molar refractivity (Wildman–Crippen MR) is 143 cm³/mol. The largest absolute Gasteiger partial charge is 0.264 e. The van der Waals surface area contributed by atoms with Crippen molar-refractivity contribution < 1.29 is 0 Å². The van der Waals surface area contributed by atoms with E-state index in [0.29, 0.717) is 0 Å². The van der Waals surface area contributed by atoms with Crippen LogP contribution < -0.4 is 0 Å². The first-order chi connectivity index (χ1) is 16.9. The minimum atomic E-state index is 1.13. The van der Waals surface area contributed by atoms with Crippen LogP contribution in [-0.2, 0) is 0 Å². The maximum atomic E-state index is 4.47. The SMILES string of the molecule is c1cncc(-c2c3cc4ccccc4cc3c(-c3cccnc3)c3cc4ccccc4cc23)c1. The highest BCUT2D eigenvalue weighted by molar-refractivity contribution is 6.25. The molecule has 0 aliphatic rings. The first kappa shape index (κ1) is 19.0. The monoisotopic (exact) mass is 432 g/mol. The number of hydrogen-bond donors (Lipinski definition) is 0. The second-order valence-electron chi connectivity index (χ2n) is 8.72. The summed E-state index contributed by atoms with van der Waals surface area (Å²) in [6.45, 7) is 0. The summed E-state index contributed by atoms with van der Waals surface area (Å²) in [5.41, 5.74) is 4.70. The zero-order valence-corrected chi connectivity index (χ0v) is 18.4. The van der Waals surface area contributed by atoms with Gasteiger partial charge in [-0.15, -0.1) is 0 Å². The molecular weight excluding hydrogens is 412 g/mol. The van der Waals surface area contributed by atoms with Gasteiger partial charge in [-0.2, -0.15) is 0 Å². The Balaban J connectivity index is 1.79. The molecule has 158 valence electrons. The summed E-state index contributed by atoms with van der Waals surface area (Å²) in [4.78, 5) is 8.94.